The molecular formula is C20H22N6O3S2. The second-order valence-electron chi connectivity index (χ2n) is 7.08. The van der Waals surface area contributed by atoms with Crippen molar-refractivity contribution in [2.75, 3.05) is 24.2 Å². The van der Waals surface area contributed by atoms with Crippen LogP contribution in [0.5, 0.6) is 0 Å². The first kappa shape index (κ1) is 21.5. The Morgan fingerprint density at radius 1 is 1.13 bits per heavy atom. The number of carbonyl (C=O) groups is 1. The number of amides is 1. The molecule has 9 nitrogen and oxygen atoms in total. The number of nitrogens with one attached hydrogen (secondary N) is 1. The normalized spacial score (nSPS) is 14.6. The van der Waals surface area contributed by atoms with Crippen LogP contribution >= 0.6 is 11.8 Å². The Balaban J connectivity index is 1.39. The number of nitrogens with zero attached hydrogens (tertiary/aromatic N) is 5. The van der Waals surface area contributed by atoms with Crippen molar-refractivity contribution in [2.24, 2.45) is 7.05 Å². The quantitative estimate of drug-likeness (QED) is 0.541. The maximum Gasteiger partial charge on any atom is 0.243 e. The Labute approximate surface area is 184 Å². The Kier molecular flexibility index (Phi) is 6.35. The van der Waals surface area contributed by atoms with E-state index in [1.54, 1.807) is 30.6 Å². The van der Waals surface area contributed by atoms with Crippen molar-refractivity contribution >= 4 is 33.4 Å². The van der Waals surface area contributed by atoms with E-state index in [9.17, 15) is 13.2 Å². The molecule has 0 atom stereocenters. The maximum atomic E-state index is 12.7. The lowest BCUT2D eigenvalue weighted by atomic mass is 10.2. The molecule has 0 bridgehead atoms. The molecule has 0 saturated carbocycles. The van der Waals surface area contributed by atoms with Crippen molar-refractivity contribution < 1.29 is 13.2 Å². The molecule has 0 radical (unpaired) electrons. The largest absolute Gasteiger partial charge is 0.325 e. The van der Waals surface area contributed by atoms with E-state index in [-0.39, 0.29) is 16.6 Å². The molecule has 3 heterocycles. The Morgan fingerprint density at radius 3 is 2.61 bits per heavy atom. The molecule has 2 aromatic heterocycles. The van der Waals surface area contributed by atoms with Crippen LogP contribution in [-0.4, -0.2) is 57.2 Å². The fourth-order valence-electron chi connectivity index (χ4n) is 3.33. The van der Waals surface area contributed by atoms with Gasteiger partial charge >= 0.3 is 0 Å². The second kappa shape index (κ2) is 9.16. The summed E-state index contributed by atoms with van der Waals surface area (Å²) in [6, 6.07) is 10.0. The molecule has 11 heteroatoms. The van der Waals surface area contributed by atoms with Crippen LogP contribution in [0.1, 0.15) is 12.8 Å². The standard InChI is InChI=1S/C20H22N6O3S2/c1-25-19(15-7-9-21-10-8-15)23-24-20(25)30-14-18(27)22-16-5-4-6-17(13-16)31(28,29)26-11-2-3-12-26/h4-10,13H,2-3,11-12,14H2,1H3,(H,22,27). The van der Waals surface area contributed by atoms with Gasteiger partial charge in [-0.3, -0.25) is 9.78 Å². The zero-order valence-corrected chi connectivity index (χ0v) is 18.6. The van der Waals surface area contributed by atoms with Gasteiger partial charge in [0, 0.05) is 43.8 Å². The average Bonchev–Trinajstić information content (AvgIpc) is 3.44. The summed E-state index contributed by atoms with van der Waals surface area (Å²) >= 11 is 1.26. The number of aromatic nitrogens is 4. The van der Waals surface area contributed by atoms with Crippen molar-refractivity contribution in [3.8, 4) is 11.4 Å². The van der Waals surface area contributed by atoms with Gasteiger partial charge in [-0.2, -0.15) is 4.31 Å². The van der Waals surface area contributed by atoms with Crippen LogP contribution in [0.15, 0.2) is 58.8 Å². The SMILES string of the molecule is Cn1c(SCC(=O)Nc2cccc(S(=O)(=O)N3CCCC3)c2)nnc1-c1ccncc1. The van der Waals surface area contributed by atoms with E-state index in [1.807, 2.05) is 23.7 Å². The van der Waals surface area contributed by atoms with Crippen molar-refractivity contribution in [1.82, 2.24) is 24.1 Å². The minimum absolute atomic E-state index is 0.116. The highest BCUT2D eigenvalue weighted by atomic mass is 32.2. The highest BCUT2D eigenvalue weighted by Crippen LogP contribution is 2.24. The van der Waals surface area contributed by atoms with Crippen molar-refractivity contribution in [3.05, 3.63) is 48.8 Å². The third-order valence-electron chi connectivity index (χ3n) is 4.93. The van der Waals surface area contributed by atoms with Crippen LogP contribution in [0, 0.1) is 0 Å². The van der Waals surface area contributed by atoms with Crippen LogP contribution in [0.3, 0.4) is 0 Å². The highest BCUT2D eigenvalue weighted by molar-refractivity contribution is 7.99. The first-order valence-electron chi connectivity index (χ1n) is 9.78. The van der Waals surface area contributed by atoms with Gasteiger partial charge < -0.3 is 9.88 Å². The van der Waals surface area contributed by atoms with Crippen molar-refractivity contribution in [3.63, 3.8) is 0 Å². The van der Waals surface area contributed by atoms with Crippen LogP contribution in [-0.2, 0) is 21.9 Å². The smallest absolute Gasteiger partial charge is 0.243 e. The summed E-state index contributed by atoms with van der Waals surface area (Å²) in [7, 11) is -1.69. The minimum atomic E-state index is -3.53. The minimum Gasteiger partial charge on any atom is -0.325 e. The fraction of sp³-hybridized carbons (Fsp3) is 0.300. The van der Waals surface area contributed by atoms with Gasteiger partial charge in [0.25, 0.3) is 0 Å². The topological polar surface area (TPSA) is 110 Å². The molecular weight excluding hydrogens is 436 g/mol. The van der Waals surface area contributed by atoms with Gasteiger partial charge in [-0.05, 0) is 43.2 Å². The maximum absolute atomic E-state index is 12.7. The third kappa shape index (κ3) is 4.78. The van der Waals surface area contributed by atoms with Crippen LogP contribution in [0.2, 0.25) is 0 Å². The number of sulfonamides is 1. The average molecular weight is 459 g/mol. The monoisotopic (exact) mass is 458 g/mol. The van der Waals surface area contributed by atoms with Gasteiger partial charge in [0.05, 0.1) is 10.6 Å². The molecule has 0 unspecified atom stereocenters. The van der Waals surface area contributed by atoms with E-state index in [1.165, 1.54) is 22.1 Å². The summed E-state index contributed by atoms with van der Waals surface area (Å²) in [4.78, 5) is 16.6. The molecule has 1 fully saturated rings. The number of thioether (sulfide) groups is 1. The molecule has 1 aliphatic rings. The summed E-state index contributed by atoms with van der Waals surface area (Å²) in [5.41, 5.74) is 1.33. The zero-order chi connectivity index (χ0) is 21.8. The van der Waals surface area contributed by atoms with Crippen molar-refractivity contribution in [2.45, 2.75) is 22.9 Å². The van der Waals surface area contributed by atoms with E-state index in [0.29, 0.717) is 29.8 Å². The lowest BCUT2D eigenvalue weighted by molar-refractivity contribution is -0.113. The summed E-state index contributed by atoms with van der Waals surface area (Å²) in [6.45, 7) is 1.07. The highest BCUT2D eigenvalue weighted by Gasteiger charge is 2.27. The number of anilines is 1. The lowest BCUT2D eigenvalue weighted by Gasteiger charge is -2.16. The molecule has 0 spiro atoms. The van der Waals surface area contributed by atoms with Gasteiger partial charge in [-0.1, -0.05) is 17.8 Å². The van der Waals surface area contributed by atoms with Gasteiger partial charge in [-0.25, -0.2) is 8.42 Å². The molecule has 0 aliphatic carbocycles. The van der Waals surface area contributed by atoms with Crippen molar-refractivity contribution in [1.29, 1.82) is 0 Å². The van der Waals surface area contributed by atoms with E-state index in [4.69, 9.17) is 0 Å². The summed E-state index contributed by atoms with van der Waals surface area (Å²) < 4.78 is 28.8. The molecule has 1 N–H and O–H groups in total. The Bertz CT molecular complexity index is 1170. The van der Waals surface area contributed by atoms with E-state index in [0.717, 1.165) is 18.4 Å². The molecule has 1 aliphatic heterocycles. The molecule has 4 rings (SSSR count). The number of hydrogen-bond acceptors (Lipinski definition) is 7. The van der Waals surface area contributed by atoms with Gasteiger partial charge in [0.2, 0.25) is 15.9 Å². The molecule has 31 heavy (non-hydrogen) atoms. The van der Waals surface area contributed by atoms with E-state index < -0.39 is 10.0 Å². The van der Waals surface area contributed by atoms with Crippen LogP contribution in [0.4, 0.5) is 5.69 Å². The molecule has 1 amide bonds. The van der Waals surface area contributed by atoms with Gasteiger partial charge in [0.1, 0.15) is 0 Å². The molecule has 162 valence electrons. The van der Waals surface area contributed by atoms with Gasteiger partial charge in [-0.15, -0.1) is 10.2 Å². The number of carbonyl (C=O) groups excluding carboxylic acids is 1. The number of rotatable bonds is 7. The predicted octanol–water partition coefficient (Wildman–Crippen LogP) is 2.39. The predicted molar refractivity (Wildman–Crippen MR) is 118 cm³/mol. The zero-order valence-electron chi connectivity index (χ0n) is 16.9. The molecule has 3 aromatic rings. The number of hydrogen-bond donors (Lipinski definition) is 1. The van der Waals surface area contributed by atoms with Crippen LogP contribution < -0.4 is 5.32 Å². The van der Waals surface area contributed by atoms with E-state index in [2.05, 4.69) is 20.5 Å². The first-order chi connectivity index (χ1) is 14.9. The molecule has 1 saturated heterocycles. The fourth-order valence-corrected chi connectivity index (χ4v) is 5.61. The third-order valence-corrected chi connectivity index (χ3v) is 7.84. The summed E-state index contributed by atoms with van der Waals surface area (Å²) in [5, 5.41) is 11.7. The summed E-state index contributed by atoms with van der Waals surface area (Å²) in [5.74, 6) is 0.546. The van der Waals surface area contributed by atoms with Crippen LogP contribution in [0.25, 0.3) is 11.4 Å². The summed E-state index contributed by atoms with van der Waals surface area (Å²) in [6.07, 6.45) is 5.11. The molecule has 1 aromatic carbocycles. The number of benzene rings is 1. The number of pyridine rings is 1. The van der Waals surface area contributed by atoms with E-state index >= 15 is 0 Å². The second-order valence-corrected chi connectivity index (χ2v) is 9.96. The Hall–Kier alpha value is -2.76. The first-order valence-corrected chi connectivity index (χ1v) is 12.2. The lowest BCUT2D eigenvalue weighted by Crippen LogP contribution is -2.28. The Morgan fingerprint density at radius 2 is 1.87 bits per heavy atom. The van der Waals surface area contributed by atoms with Gasteiger partial charge in [0.15, 0.2) is 11.0 Å².